The average molecular weight is 478 g/mol. The van der Waals surface area contributed by atoms with Crippen LogP contribution in [0.3, 0.4) is 0 Å². The molecule has 0 aliphatic heterocycles. The Bertz CT molecular complexity index is 1220. The van der Waals surface area contributed by atoms with Crippen molar-refractivity contribution in [2.24, 2.45) is 13.0 Å². The highest BCUT2D eigenvalue weighted by Crippen LogP contribution is 2.33. The number of aryl methyl sites for hydroxylation is 1. The second kappa shape index (κ2) is 10.4. The Kier molecular flexibility index (Phi) is 7.33. The van der Waals surface area contributed by atoms with E-state index in [0.29, 0.717) is 29.8 Å². The molecule has 0 atom stereocenters. The number of rotatable bonds is 7. The molecule has 1 saturated carbocycles. The Morgan fingerprint density at radius 2 is 1.83 bits per heavy atom. The topological polar surface area (TPSA) is 97.9 Å². The zero-order valence-electron chi connectivity index (χ0n) is 21.2. The van der Waals surface area contributed by atoms with E-state index in [1.54, 1.807) is 31.2 Å². The summed E-state index contributed by atoms with van der Waals surface area (Å²) in [5.41, 5.74) is 3.92. The van der Waals surface area contributed by atoms with Crippen LogP contribution in [0.4, 0.5) is 5.69 Å². The fraction of sp³-hybridized carbons (Fsp3) is 0.500. The fourth-order valence-electron chi connectivity index (χ4n) is 4.64. The van der Waals surface area contributed by atoms with E-state index in [-0.39, 0.29) is 17.5 Å². The Morgan fingerprint density at radius 1 is 1.09 bits per heavy atom. The lowest BCUT2D eigenvalue weighted by Crippen LogP contribution is -2.31. The molecule has 0 unspecified atom stereocenters. The highest BCUT2D eigenvalue weighted by atomic mass is 16.2. The van der Waals surface area contributed by atoms with E-state index >= 15 is 0 Å². The predicted octanol–water partition coefficient (Wildman–Crippen LogP) is 3.53. The van der Waals surface area contributed by atoms with Crippen LogP contribution in [0.25, 0.3) is 11.1 Å². The molecule has 1 aliphatic rings. The first-order chi connectivity index (χ1) is 16.7. The van der Waals surface area contributed by atoms with Crippen molar-refractivity contribution in [3.05, 3.63) is 58.8 Å². The van der Waals surface area contributed by atoms with Gasteiger partial charge in [0.2, 0.25) is 0 Å². The van der Waals surface area contributed by atoms with Gasteiger partial charge in [-0.3, -0.25) is 19.3 Å². The lowest BCUT2D eigenvalue weighted by atomic mass is 9.84. The molecule has 1 aliphatic carbocycles. The van der Waals surface area contributed by atoms with Crippen molar-refractivity contribution < 1.29 is 4.79 Å². The number of amides is 1. The Labute approximate surface area is 206 Å². The van der Waals surface area contributed by atoms with Crippen molar-refractivity contribution >= 4 is 11.6 Å². The monoisotopic (exact) mass is 477 g/mol. The number of pyridine rings is 1. The molecule has 1 amide bonds. The van der Waals surface area contributed by atoms with Gasteiger partial charge in [0, 0.05) is 69.4 Å². The molecule has 35 heavy (non-hydrogen) atoms. The van der Waals surface area contributed by atoms with Crippen molar-refractivity contribution in [2.45, 2.75) is 58.0 Å². The van der Waals surface area contributed by atoms with Crippen molar-refractivity contribution in [2.75, 3.05) is 19.4 Å². The third-order valence-electron chi connectivity index (χ3n) is 6.49. The first-order valence-electron chi connectivity index (χ1n) is 12.2. The van der Waals surface area contributed by atoms with Crippen LogP contribution in [0.1, 0.15) is 61.6 Å². The van der Waals surface area contributed by atoms with Crippen LogP contribution in [0.5, 0.6) is 0 Å². The molecule has 3 heterocycles. The molecule has 9 nitrogen and oxygen atoms in total. The largest absolute Gasteiger partial charge is 0.378 e. The molecule has 4 rings (SSSR count). The smallest absolute Gasteiger partial charge is 0.273 e. The van der Waals surface area contributed by atoms with Gasteiger partial charge in [-0.15, -0.1) is 0 Å². The van der Waals surface area contributed by atoms with E-state index in [1.807, 2.05) is 36.3 Å². The third kappa shape index (κ3) is 5.78. The lowest BCUT2D eigenvalue weighted by molar-refractivity contribution is 0.0821. The van der Waals surface area contributed by atoms with Gasteiger partial charge >= 0.3 is 0 Å². The first-order valence-corrected chi connectivity index (χ1v) is 12.2. The number of aromatic nitrogens is 5. The Balaban J connectivity index is 1.46. The summed E-state index contributed by atoms with van der Waals surface area (Å²) < 4.78 is 3.58. The van der Waals surface area contributed by atoms with Crippen LogP contribution in [0, 0.1) is 5.92 Å². The number of carbonyl (C=O) groups excluding carboxylic acids is 1. The second-order valence-electron chi connectivity index (χ2n) is 10.1. The summed E-state index contributed by atoms with van der Waals surface area (Å²) in [6.07, 6.45) is 12.8. The highest BCUT2D eigenvalue weighted by Gasteiger charge is 2.25. The minimum atomic E-state index is -0.145. The van der Waals surface area contributed by atoms with Crippen molar-refractivity contribution in [1.29, 1.82) is 0 Å². The van der Waals surface area contributed by atoms with Crippen LogP contribution in [-0.4, -0.2) is 55.3 Å². The van der Waals surface area contributed by atoms with Gasteiger partial charge in [0.15, 0.2) is 0 Å². The van der Waals surface area contributed by atoms with Crippen LogP contribution in [0.2, 0.25) is 0 Å². The molecule has 1 N–H and O–H groups in total. The molecular formula is C26H35N7O2. The maximum absolute atomic E-state index is 13.2. The van der Waals surface area contributed by atoms with Gasteiger partial charge in [-0.2, -0.15) is 5.10 Å². The van der Waals surface area contributed by atoms with Gasteiger partial charge in [0.05, 0.1) is 18.1 Å². The normalized spacial score (nSPS) is 18.0. The van der Waals surface area contributed by atoms with Crippen molar-refractivity contribution in [1.82, 2.24) is 29.2 Å². The molecule has 0 radical (unpaired) electrons. The van der Waals surface area contributed by atoms with Gasteiger partial charge in [0.25, 0.3) is 11.5 Å². The van der Waals surface area contributed by atoms with Crippen molar-refractivity contribution in [3.8, 4) is 11.1 Å². The average Bonchev–Trinajstić information content (AvgIpc) is 3.27. The minimum Gasteiger partial charge on any atom is -0.378 e. The maximum Gasteiger partial charge on any atom is 0.273 e. The molecule has 0 spiro atoms. The van der Waals surface area contributed by atoms with E-state index in [1.165, 1.54) is 4.90 Å². The first kappa shape index (κ1) is 24.6. The zero-order valence-corrected chi connectivity index (χ0v) is 21.2. The summed E-state index contributed by atoms with van der Waals surface area (Å²) in [5, 5.41) is 7.83. The summed E-state index contributed by atoms with van der Waals surface area (Å²) in [6.45, 7) is 4.89. The molecule has 3 aromatic heterocycles. The van der Waals surface area contributed by atoms with Gasteiger partial charge in [0.1, 0.15) is 11.4 Å². The van der Waals surface area contributed by atoms with Crippen LogP contribution < -0.4 is 10.9 Å². The zero-order chi connectivity index (χ0) is 25.1. The molecular weight excluding hydrogens is 442 g/mol. The summed E-state index contributed by atoms with van der Waals surface area (Å²) in [6, 6.07) is 2.17. The Hall–Kier alpha value is -3.49. The Morgan fingerprint density at radius 3 is 2.40 bits per heavy atom. The minimum absolute atomic E-state index is 0.0143. The third-order valence-corrected chi connectivity index (χ3v) is 6.49. The summed E-state index contributed by atoms with van der Waals surface area (Å²) in [7, 11) is 5.30. The van der Waals surface area contributed by atoms with Gasteiger partial charge in [-0.25, -0.2) is 4.98 Å². The number of nitrogens with one attached hydrogen (secondary N) is 1. The van der Waals surface area contributed by atoms with E-state index in [4.69, 9.17) is 0 Å². The van der Waals surface area contributed by atoms with E-state index in [9.17, 15) is 9.59 Å². The molecule has 186 valence electrons. The summed E-state index contributed by atoms with van der Waals surface area (Å²) in [5.74, 6) is 0.526. The van der Waals surface area contributed by atoms with E-state index < -0.39 is 0 Å². The van der Waals surface area contributed by atoms with Gasteiger partial charge in [-0.05, 0) is 37.7 Å². The standard InChI is InChI=1S/C26H35N7O2/c1-17(2)14-33-16-19(20-11-29-32(5)15-20)10-22(26(33)35)30-21-8-6-18(7-9-21)23-12-28-24(13-27-23)25(34)31(3)4/h10-13,15-18,21,30H,6-9,14H2,1-5H3. The molecule has 9 heteroatoms. The molecule has 1 fully saturated rings. The second-order valence-corrected chi connectivity index (χ2v) is 10.1. The molecule has 0 aromatic carbocycles. The summed E-state index contributed by atoms with van der Waals surface area (Å²) >= 11 is 0. The summed E-state index contributed by atoms with van der Waals surface area (Å²) in [4.78, 5) is 35.6. The van der Waals surface area contributed by atoms with Crippen LogP contribution >= 0.6 is 0 Å². The number of anilines is 1. The maximum atomic E-state index is 13.2. The van der Waals surface area contributed by atoms with Gasteiger partial charge < -0.3 is 14.8 Å². The van der Waals surface area contributed by atoms with Gasteiger partial charge in [-0.1, -0.05) is 13.8 Å². The SMILES string of the molecule is CC(C)Cn1cc(-c2cnn(C)c2)cc(NC2CCC(c3cnc(C(=O)N(C)C)cn3)CC2)c1=O. The number of carbonyl (C=O) groups is 1. The van der Waals surface area contributed by atoms with Crippen LogP contribution in [0.15, 0.2) is 41.8 Å². The number of hydrogen-bond donors (Lipinski definition) is 1. The molecule has 0 saturated heterocycles. The quantitative estimate of drug-likeness (QED) is 0.559. The molecule has 3 aromatic rings. The van der Waals surface area contributed by atoms with Crippen LogP contribution in [-0.2, 0) is 13.6 Å². The number of hydrogen-bond acceptors (Lipinski definition) is 6. The van der Waals surface area contributed by atoms with E-state index in [2.05, 4.69) is 34.2 Å². The molecule has 0 bridgehead atoms. The van der Waals surface area contributed by atoms with E-state index in [0.717, 1.165) is 42.5 Å². The highest BCUT2D eigenvalue weighted by molar-refractivity contribution is 5.91. The fourth-order valence-corrected chi connectivity index (χ4v) is 4.64. The number of nitrogens with zero attached hydrogens (tertiary/aromatic N) is 6. The van der Waals surface area contributed by atoms with Crippen molar-refractivity contribution in [3.63, 3.8) is 0 Å². The predicted molar refractivity (Wildman–Crippen MR) is 136 cm³/mol. The lowest BCUT2D eigenvalue weighted by Gasteiger charge is -2.29.